The average molecular weight is 217 g/mol. The lowest BCUT2D eigenvalue weighted by atomic mass is 10.1. The first-order valence-corrected chi connectivity index (χ1v) is 5.29. The first-order valence-electron chi connectivity index (χ1n) is 4.17. The Bertz CT molecular complexity index is 148. The van der Waals surface area contributed by atoms with E-state index in [2.05, 4.69) is 48.9 Å². The van der Waals surface area contributed by atoms with Gasteiger partial charge in [0.25, 0.3) is 0 Å². The van der Waals surface area contributed by atoms with Crippen molar-refractivity contribution in [3.05, 3.63) is 23.3 Å². The normalized spacial score (nSPS) is 13.8. The molecule has 11 heavy (non-hydrogen) atoms. The Morgan fingerprint density at radius 1 is 1.36 bits per heavy atom. The van der Waals surface area contributed by atoms with E-state index < -0.39 is 0 Å². The van der Waals surface area contributed by atoms with Crippen molar-refractivity contribution in [2.75, 3.05) is 5.33 Å². The number of halogens is 1. The Hall–Kier alpha value is -0.0400. The summed E-state index contributed by atoms with van der Waals surface area (Å²) in [6.45, 7) is 6.52. The maximum atomic E-state index is 3.48. The molecule has 0 radical (unpaired) electrons. The van der Waals surface area contributed by atoms with E-state index in [9.17, 15) is 0 Å². The van der Waals surface area contributed by atoms with Crippen LogP contribution in [-0.2, 0) is 0 Å². The predicted octanol–water partition coefficient (Wildman–Crippen LogP) is 4.07. The molecule has 0 bridgehead atoms. The summed E-state index contributed by atoms with van der Waals surface area (Å²) in [4.78, 5) is 0. The molecule has 1 heteroatoms. The zero-order valence-corrected chi connectivity index (χ0v) is 9.24. The fourth-order valence-corrected chi connectivity index (χ4v) is 1.73. The molecular weight excluding hydrogens is 200 g/mol. The standard InChI is InChI=1S/C10H17Br/c1-4-6-7-9(3)10(5-2)8-11/h6-7H,4-5,8H2,1-3H3/b7-6-,10-9+. The van der Waals surface area contributed by atoms with Crippen molar-refractivity contribution in [1.29, 1.82) is 0 Å². The third-order valence-corrected chi connectivity index (χ3v) is 2.43. The highest BCUT2D eigenvalue weighted by Gasteiger charge is 1.93. The van der Waals surface area contributed by atoms with E-state index in [0.29, 0.717) is 0 Å². The molecule has 0 aromatic carbocycles. The van der Waals surface area contributed by atoms with Gasteiger partial charge in [-0.3, -0.25) is 0 Å². The van der Waals surface area contributed by atoms with Crippen molar-refractivity contribution in [3.63, 3.8) is 0 Å². The summed E-state index contributed by atoms with van der Waals surface area (Å²) in [6.07, 6.45) is 6.68. The van der Waals surface area contributed by atoms with Gasteiger partial charge < -0.3 is 0 Å². The fraction of sp³-hybridized carbons (Fsp3) is 0.600. The number of hydrogen-bond donors (Lipinski definition) is 0. The summed E-state index contributed by atoms with van der Waals surface area (Å²) < 4.78 is 0. The van der Waals surface area contributed by atoms with Crippen molar-refractivity contribution in [3.8, 4) is 0 Å². The Balaban J connectivity index is 4.22. The predicted molar refractivity (Wildman–Crippen MR) is 56.2 cm³/mol. The summed E-state index contributed by atoms with van der Waals surface area (Å²) in [5.41, 5.74) is 2.90. The van der Waals surface area contributed by atoms with Crippen molar-refractivity contribution in [1.82, 2.24) is 0 Å². The molecule has 0 N–H and O–H groups in total. The Kier molecular flexibility index (Phi) is 6.63. The second kappa shape index (κ2) is 6.66. The molecule has 0 rings (SSSR count). The van der Waals surface area contributed by atoms with Crippen LogP contribution < -0.4 is 0 Å². The smallest absolute Gasteiger partial charge is 0.0247 e. The molecule has 0 saturated heterocycles. The quantitative estimate of drug-likeness (QED) is 0.491. The number of hydrogen-bond acceptors (Lipinski definition) is 0. The summed E-state index contributed by atoms with van der Waals surface area (Å²) in [5.74, 6) is 0. The van der Waals surface area contributed by atoms with Crippen LogP contribution in [-0.4, -0.2) is 5.33 Å². The van der Waals surface area contributed by atoms with E-state index in [1.165, 1.54) is 11.1 Å². The second-order valence-electron chi connectivity index (χ2n) is 2.58. The van der Waals surface area contributed by atoms with Crippen LogP contribution in [0, 0.1) is 0 Å². The van der Waals surface area contributed by atoms with Crippen LogP contribution in [0.2, 0.25) is 0 Å². The van der Waals surface area contributed by atoms with Gasteiger partial charge in [0.15, 0.2) is 0 Å². The Morgan fingerprint density at radius 3 is 2.36 bits per heavy atom. The van der Waals surface area contributed by atoms with Crippen LogP contribution in [0.15, 0.2) is 23.3 Å². The molecule has 0 aliphatic rings. The van der Waals surface area contributed by atoms with Gasteiger partial charge >= 0.3 is 0 Å². The highest BCUT2D eigenvalue weighted by Crippen LogP contribution is 2.12. The molecule has 0 heterocycles. The lowest BCUT2D eigenvalue weighted by Gasteiger charge is -2.01. The van der Waals surface area contributed by atoms with Crippen LogP contribution >= 0.6 is 15.9 Å². The Morgan fingerprint density at radius 2 is 2.00 bits per heavy atom. The topological polar surface area (TPSA) is 0 Å². The zero-order valence-electron chi connectivity index (χ0n) is 7.65. The van der Waals surface area contributed by atoms with E-state index >= 15 is 0 Å². The minimum Gasteiger partial charge on any atom is -0.0880 e. The minimum absolute atomic E-state index is 1.00. The van der Waals surface area contributed by atoms with E-state index in [1.54, 1.807) is 0 Å². The monoisotopic (exact) mass is 216 g/mol. The maximum Gasteiger partial charge on any atom is 0.0247 e. The summed E-state index contributed by atoms with van der Waals surface area (Å²) >= 11 is 3.48. The molecule has 0 atom stereocenters. The van der Waals surface area contributed by atoms with E-state index in [0.717, 1.165) is 18.2 Å². The molecule has 0 amide bonds. The van der Waals surface area contributed by atoms with Gasteiger partial charge in [-0.15, -0.1) is 0 Å². The van der Waals surface area contributed by atoms with Crippen molar-refractivity contribution in [2.45, 2.75) is 33.6 Å². The zero-order chi connectivity index (χ0) is 8.69. The number of rotatable bonds is 4. The van der Waals surface area contributed by atoms with Crippen LogP contribution in [0.4, 0.5) is 0 Å². The van der Waals surface area contributed by atoms with Gasteiger partial charge in [-0.05, 0) is 19.8 Å². The van der Waals surface area contributed by atoms with Crippen molar-refractivity contribution in [2.24, 2.45) is 0 Å². The van der Waals surface area contributed by atoms with Gasteiger partial charge in [-0.2, -0.15) is 0 Å². The molecule has 0 aromatic heterocycles. The molecular formula is C10H17Br. The lowest BCUT2D eigenvalue weighted by molar-refractivity contribution is 1.08. The average Bonchev–Trinajstić information content (AvgIpc) is 2.03. The van der Waals surface area contributed by atoms with Crippen LogP contribution in [0.25, 0.3) is 0 Å². The summed E-state index contributed by atoms with van der Waals surface area (Å²) in [7, 11) is 0. The van der Waals surface area contributed by atoms with E-state index in [4.69, 9.17) is 0 Å². The van der Waals surface area contributed by atoms with Gasteiger partial charge in [0.1, 0.15) is 0 Å². The maximum absolute atomic E-state index is 3.48. The number of alkyl halides is 1. The van der Waals surface area contributed by atoms with Crippen LogP contribution in [0.1, 0.15) is 33.6 Å². The molecule has 64 valence electrons. The molecule has 0 aromatic rings. The van der Waals surface area contributed by atoms with Gasteiger partial charge in [-0.1, -0.05) is 53.1 Å². The number of allylic oxidation sites excluding steroid dienone is 4. The van der Waals surface area contributed by atoms with E-state index in [1.807, 2.05) is 0 Å². The lowest BCUT2D eigenvalue weighted by Crippen LogP contribution is -1.85. The molecule has 0 unspecified atom stereocenters. The molecule has 0 aliphatic carbocycles. The highest BCUT2D eigenvalue weighted by molar-refractivity contribution is 9.09. The second-order valence-corrected chi connectivity index (χ2v) is 3.15. The van der Waals surface area contributed by atoms with Crippen LogP contribution in [0.5, 0.6) is 0 Å². The van der Waals surface area contributed by atoms with E-state index in [-0.39, 0.29) is 0 Å². The molecule has 0 fully saturated rings. The van der Waals surface area contributed by atoms with Gasteiger partial charge in [-0.25, -0.2) is 0 Å². The third kappa shape index (κ3) is 4.41. The van der Waals surface area contributed by atoms with Gasteiger partial charge in [0.2, 0.25) is 0 Å². The summed E-state index contributed by atoms with van der Waals surface area (Å²) in [5, 5.41) is 1.00. The fourth-order valence-electron chi connectivity index (χ4n) is 0.891. The van der Waals surface area contributed by atoms with Crippen molar-refractivity contribution < 1.29 is 0 Å². The summed E-state index contributed by atoms with van der Waals surface area (Å²) in [6, 6.07) is 0. The molecule has 0 spiro atoms. The van der Waals surface area contributed by atoms with Crippen molar-refractivity contribution >= 4 is 15.9 Å². The molecule has 0 aliphatic heterocycles. The SMILES string of the molecule is CC/C=C\C(C)=C(/CC)CBr. The molecule has 0 nitrogen and oxygen atoms in total. The minimum atomic E-state index is 1.00. The largest absolute Gasteiger partial charge is 0.0880 e. The first kappa shape index (κ1) is 11.0. The molecule has 0 saturated carbocycles. The third-order valence-electron chi connectivity index (χ3n) is 1.75. The van der Waals surface area contributed by atoms with Crippen LogP contribution in [0.3, 0.4) is 0 Å². The first-order chi connectivity index (χ1) is 5.26. The Labute approximate surface area is 78.5 Å². The van der Waals surface area contributed by atoms with Gasteiger partial charge in [0, 0.05) is 5.33 Å². The highest BCUT2D eigenvalue weighted by atomic mass is 79.9. The van der Waals surface area contributed by atoms with Gasteiger partial charge in [0.05, 0.1) is 0 Å².